The molecular formula is C16H24OSe. The van der Waals surface area contributed by atoms with Crippen LogP contribution in [0, 0.1) is 11.3 Å². The van der Waals surface area contributed by atoms with Crippen molar-refractivity contribution in [1.82, 2.24) is 0 Å². The van der Waals surface area contributed by atoms with Gasteiger partial charge in [0, 0.05) is 0 Å². The van der Waals surface area contributed by atoms with Crippen molar-refractivity contribution in [3.05, 3.63) is 30.3 Å². The van der Waals surface area contributed by atoms with Gasteiger partial charge < -0.3 is 0 Å². The van der Waals surface area contributed by atoms with E-state index in [0.29, 0.717) is 26.5 Å². The molecule has 0 amide bonds. The van der Waals surface area contributed by atoms with Crippen molar-refractivity contribution >= 4 is 19.4 Å². The Bertz CT molecular complexity index is 355. The fourth-order valence-corrected chi connectivity index (χ4v) is 4.86. The van der Waals surface area contributed by atoms with Crippen LogP contribution < -0.4 is 4.46 Å². The van der Waals surface area contributed by atoms with Gasteiger partial charge in [0.15, 0.2) is 0 Å². The van der Waals surface area contributed by atoms with Crippen molar-refractivity contribution in [3.8, 4) is 0 Å². The van der Waals surface area contributed by atoms with Gasteiger partial charge >= 0.3 is 117 Å². The van der Waals surface area contributed by atoms with Gasteiger partial charge in [0.25, 0.3) is 0 Å². The fraction of sp³-hybridized carbons (Fsp3) is 0.625. The van der Waals surface area contributed by atoms with Gasteiger partial charge in [-0.3, -0.25) is 0 Å². The molecule has 0 bridgehead atoms. The molecule has 0 aromatic heterocycles. The van der Waals surface area contributed by atoms with Crippen LogP contribution in [0.4, 0.5) is 0 Å². The van der Waals surface area contributed by atoms with Gasteiger partial charge in [-0.15, -0.1) is 0 Å². The summed E-state index contributed by atoms with van der Waals surface area (Å²) in [7, 11) is 0. The summed E-state index contributed by atoms with van der Waals surface area (Å²) in [6.07, 6.45) is 3.04. The second-order valence-electron chi connectivity index (χ2n) is 6.15. The average molecular weight is 311 g/mol. The van der Waals surface area contributed by atoms with E-state index in [1.54, 1.807) is 0 Å². The first-order chi connectivity index (χ1) is 8.57. The van der Waals surface area contributed by atoms with E-state index in [1.807, 2.05) is 0 Å². The molecule has 0 spiro atoms. The van der Waals surface area contributed by atoms with E-state index in [2.05, 4.69) is 51.1 Å². The first-order valence-electron chi connectivity index (χ1n) is 6.87. The zero-order chi connectivity index (χ0) is 13.0. The Labute approximate surface area is 117 Å². The molecule has 0 saturated carbocycles. The molecule has 1 heterocycles. The number of hydrogen-bond donors (Lipinski definition) is 0. The maximum absolute atomic E-state index is 6.05. The van der Waals surface area contributed by atoms with Crippen molar-refractivity contribution in [1.29, 1.82) is 0 Å². The first kappa shape index (κ1) is 14.1. The van der Waals surface area contributed by atoms with Gasteiger partial charge in [0.2, 0.25) is 0 Å². The second kappa shape index (κ2) is 6.23. The molecule has 100 valence electrons. The van der Waals surface area contributed by atoms with E-state index in [9.17, 15) is 0 Å². The van der Waals surface area contributed by atoms with Gasteiger partial charge in [-0.2, -0.15) is 0 Å². The molecule has 1 aliphatic rings. The molecule has 0 radical (unpaired) electrons. The summed E-state index contributed by atoms with van der Waals surface area (Å²) in [6, 6.07) is 10.9. The Hall–Kier alpha value is -0.301. The molecule has 0 aliphatic carbocycles. The van der Waals surface area contributed by atoms with Crippen molar-refractivity contribution in [2.24, 2.45) is 11.3 Å². The van der Waals surface area contributed by atoms with Crippen LogP contribution in [0.15, 0.2) is 30.3 Å². The van der Waals surface area contributed by atoms with Crippen molar-refractivity contribution in [3.63, 3.8) is 0 Å². The topological polar surface area (TPSA) is 9.23 Å². The van der Waals surface area contributed by atoms with Gasteiger partial charge in [0.1, 0.15) is 0 Å². The average Bonchev–Trinajstić information content (AvgIpc) is 2.37. The first-order valence-corrected chi connectivity index (χ1v) is 8.93. The van der Waals surface area contributed by atoms with Gasteiger partial charge in [0.05, 0.1) is 0 Å². The molecule has 2 heteroatoms. The Morgan fingerprint density at radius 1 is 1.22 bits per heavy atom. The number of benzene rings is 1. The summed E-state index contributed by atoms with van der Waals surface area (Å²) in [5, 5.41) is 1.22. The van der Waals surface area contributed by atoms with Crippen molar-refractivity contribution in [2.45, 2.75) is 45.0 Å². The monoisotopic (exact) mass is 312 g/mol. The van der Waals surface area contributed by atoms with Crippen LogP contribution in [0.3, 0.4) is 0 Å². The van der Waals surface area contributed by atoms with Crippen LogP contribution in [0.1, 0.15) is 33.6 Å². The van der Waals surface area contributed by atoms with Crippen LogP contribution in [0.2, 0.25) is 5.32 Å². The third-order valence-corrected chi connectivity index (χ3v) is 6.02. The predicted molar refractivity (Wildman–Crippen MR) is 78.6 cm³/mol. The van der Waals surface area contributed by atoms with Crippen LogP contribution in [0.5, 0.6) is 0 Å². The normalized spacial score (nSPS) is 25.1. The quantitative estimate of drug-likeness (QED) is 0.779. The number of ether oxygens (including phenoxy) is 1. The number of rotatable bonds is 3. The van der Waals surface area contributed by atoms with E-state index in [4.69, 9.17) is 4.74 Å². The summed E-state index contributed by atoms with van der Waals surface area (Å²) in [5.74, 6) is 0.719. The summed E-state index contributed by atoms with van der Waals surface area (Å²) < 4.78 is 7.55. The van der Waals surface area contributed by atoms with E-state index in [1.165, 1.54) is 22.6 Å². The molecule has 18 heavy (non-hydrogen) atoms. The standard InChI is InChI=1S/C16H24OSe/c1-16(2,3)14-10-7-11-17-15(14)12-18-13-8-5-4-6-9-13/h4-6,8-9,14-15H,7,10-12H2,1-3H3/t14-,15-/m1/s1. The van der Waals surface area contributed by atoms with Gasteiger partial charge in [-0.25, -0.2) is 0 Å². The fourth-order valence-electron chi connectivity index (χ4n) is 2.69. The molecule has 1 fully saturated rings. The molecule has 0 unspecified atom stereocenters. The Kier molecular flexibility index (Phi) is 4.89. The molecule has 2 atom stereocenters. The zero-order valence-corrected chi connectivity index (χ0v) is 13.4. The summed E-state index contributed by atoms with van der Waals surface area (Å²) in [6.45, 7) is 8.03. The third-order valence-electron chi connectivity index (χ3n) is 3.71. The van der Waals surface area contributed by atoms with Crippen molar-refractivity contribution in [2.75, 3.05) is 6.61 Å². The van der Waals surface area contributed by atoms with Crippen LogP contribution in [0.25, 0.3) is 0 Å². The molecule has 1 aromatic carbocycles. The second-order valence-corrected chi connectivity index (χ2v) is 8.44. The van der Waals surface area contributed by atoms with Crippen molar-refractivity contribution < 1.29 is 4.74 Å². The molecule has 1 nitrogen and oxygen atoms in total. The zero-order valence-electron chi connectivity index (χ0n) is 11.7. The SMILES string of the molecule is CC(C)(C)[C@@H]1CCCO[C@@H]1C[Se]c1ccccc1. The minimum absolute atomic E-state index is 0.373. The predicted octanol–water partition coefficient (Wildman–Crippen LogP) is 3.28. The Morgan fingerprint density at radius 3 is 2.61 bits per heavy atom. The minimum atomic E-state index is 0.373. The van der Waals surface area contributed by atoms with E-state index in [0.717, 1.165) is 12.5 Å². The van der Waals surface area contributed by atoms with Gasteiger partial charge in [-0.1, -0.05) is 0 Å². The Balaban J connectivity index is 1.94. The van der Waals surface area contributed by atoms with Gasteiger partial charge in [-0.05, 0) is 0 Å². The number of hydrogen-bond acceptors (Lipinski definition) is 1. The Morgan fingerprint density at radius 2 is 1.94 bits per heavy atom. The molecule has 0 N–H and O–H groups in total. The molecule has 1 aromatic rings. The van der Waals surface area contributed by atoms with Crippen LogP contribution >= 0.6 is 0 Å². The van der Waals surface area contributed by atoms with E-state index in [-0.39, 0.29) is 0 Å². The molecule has 1 aliphatic heterocycles. The van der Waals surface area contributed by atoms with Crippen LogP contribution in [-0.4, -0.2) is 27.7 Å². The van der Waals surface area contributed by atoms with Crippen LogP contribution in [-0.2, 0) is 4.74 Å². The summed E-state index contributed by atoms with van der Waals surface area (Å²) in [5.41, 5.74) is 0.373. The summed E-state index contributed by atoms with van der Waals surface area (Å²) >= 11 is 0.548. The molecular weight excluding hydrogens is 287 g/mol. The molecule has 2 rings (SSSR count). The maximum atomic E-state index is 6.05. The third kappa shape index (κ3) is 3.85. The van der Waals surface area contributed by atoms with E-state index >= 15 is 0 Å². The molecule has 1 saturated heterocycles. The van der Waals surface area contributed by atoms with E-state index < -0.39 is 0 Å². The summed E-state index contributed by atoms with van der Waals surface area (Å²) in [4.78, 5) is 0.